The Labute approximate surface area is 227 Å². The average molecular weight is 517 g/mol. The van der Waals surface area contributed by atoms with Gasteiger partial charge >= 0.3 is 0 Å². The number of benzene rings is 5. The second kappa shape index (κ2) is 7.76. The van der Waals surface area contributed by atoms with Crippen molar-refractivity contribution >= 4 is 75.1 Å². The highest BCUT2D eigenvalue weighted by molar-refractivity contribution is 7.27. The molecule has 0 N–H and O–H groups in total. The first-order valence-electron chi connectivity index (χ1n) is 13.0. The lowest BCUT2D eigenvalue weighted by atomic mass is 10.1. The topological polar surface area (TPSA) is 35.6 Å². The highest BCUT2D eigenvalue weighted by Gasteiger charge is 2.21. The van der Waals surface area contributed by atoms with Crippen LogP contribution >= 0.6 is 11.3 Å². The minimum Gasteiger partial charge on any atom is -0.309 e. The Balaban J connectivity index is 1.47. The number of nitrogens with zero attached hydrogens (tertiary/aromatic N) is 4. The molecule has 0 amide bonds. The minimum atomic E-state index is 0.692. The molecule has 4 nitrogen and oxygen atoms in total. The third-order valence-electron chi connectivity index (χ3n) is 7.84. The summed E-state index contributed by atoms with van der Waals surface area (Å²) < 4.78 is 7.21. The number of thiophene rings is 1. The molecule has 0 aliphatic heterocycles. The van der Waals surface area contributed by atoms with Gasteiger partial charge in [0, 0.05) is 59.8 Å². The predicted molar refractivity (Wildman–Crippen MR) is 164 cm³/mol. The summed E-state index contributed by atoms with van der Waals surface area (Å²) in [6.07, 6.45) is 3.61. The Morgan fingerprint density at radius 2 is 0.974 bits per heavy atom. The fraction of sp³-hybridized carbons (Fsp3) is 0. The van der Waals surface area contributed by atoms with Crippen molar-refractivity contribution in [3.8, 4) is 11.6 Å². The first-order valence-corrected chi connectivity index (χ1v) is 13.8. The van der Waals surface area contributed by atoms with Crippen molar-refractivity contribution in [3.63, 3.8) is 0 Å². The van der Waals surface area contributed by atoms with Crippen LogP contribution in [-0.4, -0.2) is 19.1 Å². The second-order valence-electron chi connectivity index (χ2n) is 9.86. The molecule has 9 aromatic rings. The van der Waals surface area contributed by atoms with E-state index in [0.29, 0.717) is 5.95 Å². The number of aromatic nitrogens is 4. The summed E-state index contributed by atoms with van der Waals surface area (Å²) in [6.45, 7) is 0. The Morgan fingerprint density at radius 1 is 0.436 bits per heavy atom. The fourth-order valence-electron chi connectivity index (χ4n) is 6.27. The van der Waals surface area contributed by atoms with Crippen LogP contribution in [0.5, 0.6) is 0 Å². The summed E-state index contributed by atoms with van der Waals surface area (Å²) in [4.78, 5) is 9.21. The summed E-state index contributed by atoms with van der Waals surface area (Å²) in [7, 11) is 0. The van der Waals surface area contributed by atoms with Gasteiger partial charge in [0.1, 0.15) is 0 Å². The molecule has 182 valence electrons. The van der Waals surface area contributed by atoms with Crippen LogP contribution in [0.4, 0.5) is 0 Å². The van der Waals surface area contributed by atoms with Gasteiger partial charge in [-0.05, 0) is 42.5 Å². The molecule has 0 aliphatic carbocycles. The monoisotopic (exact) mass is 516 g/mol. The van der Waals surface area contributed by atoms with Crippen molar-refractivity contribution < 1.29 is 0 Å². The number of rotatable bonds is 2. The molecule has 0 aliphatic rings. The Bertz CT molecular complexity index is 2210. The van der Waals surface area contributed by atoms with E-state index in [1.54, 1.807) is 12.4 Å². The second-order valence-corrected chi connectivity index (χ2v) is 10.9. The summed E-state index contributed by atoms with van der Waals surface area (Å²) in [5.74, 6) is 0.692. The molecule has 0 unspecified atom stereocenters. The SMILES string of the molecule is c1ccc(-n2c3ccccc3c3c4sc5c(ccc6c5c5ccccc5n6-c5ncccn5)c4ccc32)cc1. The minimum absolute atomic E-state index is 0.692. The van der Waals surface area contributed by atoms with Crippen molar-refractivity contribution in [2.75, 3.05) is 0 Å². The molecule has 5 aromatic carbocycles. The predicted octanol–water partition coefficient (Wildman–Crippen LogP) is 9.04. The van der Waals surface area contributed by atoms with Crippen molar-refractivity contribution in [1.29, 1.82) is 0 Å². The van der Waals surface area contributed by atoms with Crippen LogP contribution in [0.1, 0.15) is 0 Å². The zero-order valence-electron chi connectivity index (χ0n) is 20.7. The van der Waals surface area contributed by atoms with E-state index in [4.69, 9.17) is 0 Å². The maximum Gasteiger partial charge on any atom is 0.234 e. The van der Waals surface area contributed by atoms with Crippen LogP contribution in [-0.2, 0) is 0 Å². The lowest BCUT2D eigenvalue weighted by molar-refractivity contribution is 0.989. The molecule has 39 heavy (non-hydrogen) atoms. The van der Waals surface area contributed by atoms with Gasteiger partial charge in [0.15, 0.2) is 0 Å². The van der Waals surface area contributed by atoms with Crippen LogP contribution in [0.2, 0.25) is 0 Å². The van der Waals surface area contributed by atoms with Gasteiger partial charge in [-0.3, -0.25) is 4.57 Å². The van der Waals surface area contributed by atoms with E-state index in [-0.39, 0.29) is 0 Å². The van der Waals surface area contributed by atoms with Crippen LogP contribution in [0.15, 0.2) is 122 Å². The van der Waals surface area contributed by atoms with Gasteiger partial charge in [0.25, 0.3) is 0 Å². The van der Waals surface area contributed by atoms with Crippen LogP contribution < -0.4 is 0 Å². The molecule has 0 saturated heterocycles. The van der Waals surface area contributed by atoms with E-state index >= 15 is 0 Å². The van der Waals surface area contributed by atoms with E-state index in [0.717, 1.165) is 11.0 Å². The standard InChI is InChI=1S/C34H20N4S/c1-2-9-21(10-3-1)37-26-13-6-4-11-24(26)30-28(37)17-15-22-23-16-18-29-31(33(23)39-32(22)30)25-12-5-7-14-27(25)38(29)34-35-19-8-20-36-34/h1-20H. The van der Waals surface area contributed by atoms with Gasteiger partial charge in [-0.25, -0.2) is 9.97 Å². The van der Waals surface area contributed by atoms with E-state index < -0.39 is 0 Å². The highest BCUT2D eigenvalue weighted by Crippen LogP contribution is 2.47. The van der Waals surface area contributed by atoms with Crippen molar-refractivity contribution in [2.24, 2.45) is 0 Å². The van der Waals surface area contributed by atoms with Gasteiger partial charge in [-0.1, -0.05) is 66.7 Å². The van der Waals surface area contributed by atoms with Crippen LogP contribution in [0.25, 0.3) is 75.4 Å². The Hall–Kier alpha value is -5.00. The fourth-order valence-corrected chi connectivity index (χ4v) is 7.69. The maximum absolute atomic E-state index is 4.60. The molecular formula is C34H20N4S. The third-order valence-corrected chi connectivity index (χ3v) is 9.10. The molecule has 4 aromatic heterocycles. The van der Waals surface area contributed by atoms with Crippen LogP contribution in [0.3, 0.4) is 0 Å². The number of para-hydroxylation sites is 3. The van der Waals surface area contributed by atoms with Gasteiger partial charge in [-0.15, -0.1) is 11.3 Å². The average Bonchev–Trinajstić information content (AvgIpc) is 3.65. The van der Waals surface area contributed by atoms with E-state index in [2.05, 4.69) is 122 Å². The molecule has 5 heteroatoms. The molecular weight excluding hydrogens is 496 g/mol. The smallest absolute Gasteiger partial charge is 0.234 e. The molecule has 9 rings (SSSR count). The lowest BCUT2D eigenvalue weighted by Gasteiger charge is -2.07. The van der Waals surface area contributed by atoms with Crippen LogP contribution in [0, 0.1) is 0 Å². The van der Waals surface area contributed by atoms with E-state index in [1.807, 2.05) is 17.4 Å². The number of hydrogen-bond donors (Lipinski definition) is 0. The number of fused-ring (bicyclic) bond motifs is 11. The number of hydrogen-bond acceptors (Lipinski definition) is 3. The van der Waals surface area contributed by atoms with E-state index in [9.17, 15) is 0 Å². The maximum atomic E-state index is 4.60. The molecule has 0 fully saturated rings. The molecule has 0 radical (unpaired) electrons. The third kappa shape index (κ3) is 2.77. The van der Waals surface area contributed by atoms with Crippen molar-refractivity contribution in [3.05, 3.63) is 122 Å². The Kier molecular flexibility index (Phi) is 4.18. The van der Waals surface area contributed by atoms with Gasteiger partial charge in [-0.2, -0.15) is 0 Å². The van der Waals surface area contributed by atoms with E-state index in [1.165, 1.54) is 58.4 Å². The molecule has 0 saturated carbocycles. The molecule has 0 atom stereocenters. The first kappa shape index (κ1) is 21.0. The molecule has 0 spiro atoms. The summed E-state index contributed by atoms with van der Waals surface area (Å²) in [5.41, 5.74) is 5.89. The summed E-state index contributed by atoms with van der Waals surface area (Å²) in [6, 6.07) is 39.0. The molecule has 4 heterocycles. The summed E-state index contributed by atoms with van der Waals surface area (Å²) >= 11 is 1.90. The zero-order chi connectivity index (χ0) is 25.5. The van der Waals surface area contributed by atoms with Crippen molar-refractivity contribution in [2.45, 2.75) is 0 Å². The van der Waals surface area contributed by atoms with Gasteiger partial charge in [0.2, 0.25) is 5.95 Å². The zero-order valence-corrected chi connectivity index (χ0v) is 21.6. The van der Waals surface area contributed by atoms with Gasteiger partial charge < -0.3 is 4.57 Å². The van der Waals surface area contributed by atoms with Gasteiger partial charge in [0.05, 0.1) is 22.1 Å². The highest BCUT2D eigenvalue weighted by atomic mass is 32.1. The Morgan fingerprint density at radius 3 is 1.62 bits per heavy atom. The molecule has 0 bridgehead atoms. The summed E-state index contributed by atoms with van der Waals surface area (Å²) in [5, 5.41) is 7.67. The largest absolute Gasteiger partial charge is 0.309 e. The quantitative estimate of drug-likeness (QED) is 0.230. The lowest BCUT2D eigenvalue weighted by Crippen LogP contribution is -1.99. The first-order chi connectivity index (χ1) is 19.4. The van der Waals surface area contributed by atoms with Crippen molar-refractivity contribution in [1.82, 2.24) is 19.1 Å². The normalized spacial score (nSPS) is 12.1.